The SMILES string of the molecule is CNc1ccc([C@H]2CN(Cc3cccnc3NC)CCO2)nc1. The van der Waals surface area contributed by atoms with Crippen molar-refractivity contribution in [3.8, 4) is 0 Å². The van der Waals surface area contributed by atoms with Gasteiger partial charge in [-0.25, -0.2) is 4.98 Å². The van der Waals surface area contributed by atoms with Crippen molar-refractivity contribution in [1.82, 2.24) is 14.9 Å². The van der Waals surface area contributed by atoms with Gasteiger partial charge in [0.15, 0.2) is 0 Å². The molecular weight excluding hydrogens is 290 g/mol. The highest BCUT2D eigenvalue weighted by atomic mass is 16.5. The molecule has 0 saturated carbocycles. The third kappa shape index (κ3) is 3.78. The molecule has 1 aliphatic heterocycles. The molecule has 1 saturated heterocycles. The molecule has 2 aromatic heterocycles. The van der Waals surface area contributed by atoms with E-state index >= 15 is 0 Å². The number of ether oxygens (including phenoxy) is 1. The summed E-state index contributed by atoms with van der Waals surface area (Å²) in [6.45, 7) is 3.33. The van der Waals surface area contributed by atoms with Crippen LogP contribution in [0.3, 0.4) is 0 Å². The fourth-order valence-corrected chi connectivity index (χ4v) is 2.80. The molecule has 2 N–H and O–H groups in total. The largest absolute Gasteiger partial charge is 0.387 e. The van der Waals surface area contributed by atoms with Crippen LogP contribution in [0.25, 0.3) is 0 Å². The van der Waals surface area contributed by atoms with E-state index in [1.165, 1.54) is 5.56 Å². The van der Waals surface area contributed by atoms with E-state index in [-0.39, 0.29) is 6.10 Å². The lowest BCUT2D eigenvalue weighted by Gasteiger charge is -2.33. The Hall–Kier alpha value is -2.18. The fourth-order valence-electron chi connectivity index (χ4n) is 2.80. The zero-order chi connectivity index (χ0) is 16.1. The third-order valence-corrected chi connectivity index (χ3v) is 4.08. The van der Waals surface area contributed by atoms with Crippen molar-refractivity contribution in [2.24, 2.45) is 0 Å². The highest BCUT2D eigenvalue weighted by Gasteiger charge is 2.23. The summed E-state index contributed by atoms with van der Waals surface area (Å²) in [6, 6.07) is 8.16. The van der Waals surface area contributed by atoms with E-state index in [2.05, 4.69) is 31.6 Å². The number of nitrogens with one attached hydrogen (secondary N) is 2. The standard InChI is InChI=1S/C17H23N5O/c1-18-14-5-6-15(21-10-14)16-12-22(8-9-23-16)11-13-4-3-7-20-17(13)19-2/h3-7,10,16,18H,8-9,11-12H2,1-2H3,(H,19,20)/t16-/m1/s1. The Bertz CT molecular complexity index is 631. The molecule has 0 aliphatic carbocycles. The first-order valence-electron chi connectivity index (χ1n) is 7.89. The van der Waals surface area contributed by atoms with Crippen molar-refractivity contribution in [3.63, 3.8) is 0 Å². The molecule has 0 bridgehead atoms. The molecular formula is C17H23N5O. The van der Waals surface area contributed by atoms with Crippen LogP contribution in [-0.2, 0) is 11.3 Å². The summed E-state index contributed by atoms with van der Waals surface area (Å²) in [5, 5.41) is 6.24. The molecule has 0 amide bonds. The summed E-state index contributed by atoms with van der Waals surface area (Å²) in [5.74, 6) is 0.937. The lowest BCUT2D eigenvalue weighted by atomic mass is 10.1. The highest BCUT2D eigenvalue weighted by molar-refractivity contribution is 5.43. The Morgan fingerprint density at radius 2 is 2.13 bits per heavy atom. The average molecular weight is 313 g/mol. The van der Waals surface area contributed by atoms with Crippen molar-refractivity contribution in [2.75, 3.05) is 44.4 Å². The van der Waals surface area contributed by atoms with Gasteiger partial charge in [0.2, 0.25) is 0 Å². The molecule has 2 aromatic rings. The van der Waals surface area contributed by atoms with Crippen LogP contribution in [0.15, 0.2) is 36.7 Å². The van der Waals surface area contributed by atoms with Gasteiger partial charge in [0.05, 0.1) is 24.2 Å². The number of aromatic nitrogens is 2. The summed E-state index contributed by atoms with van der Waals surface area (Å²) in [5.41, 5.74) is 3.19. The number of nitrogens with zero attached hydrogens (tertiary/aromatic N) is 3. The number of hydrogen-bond acceptors (Lipinski definition) is 6. The van der Waals surface area contributed by atoms with Gasteiger partial charge in [-0.1, -0.05) is 6.07 Å². The molecule has 6 heteroatoms. The Morgan fingerprint density at radius 1 is 1.22 bits per heavy atom. The molecule has 3 rings (SSSR count). The van der Waals surface area contributed by atoms with E-state index in [1.807, 2.05) is 44.7 Å². The second kappa shape index (κ2) is 7.39. The summed E-state index contributed by atoms with van der Waals surface area (Å²) in [6.07, 6.45) is 3.67. The van der Waals surface area contributed by atoms with E-state index in [4.69, 9.17) is 4.74 Å². The van der Waals surface area contributed by atoms with E-state index in [1.54, 1.807) is 0 Å². The topological polar surface area (TPSA) is 62.3 Å². The van der Waals surface area contributed by atoms with E-state index in [9.17, 15) is 0 Å². The third-order valence-electron chi connectivity index (χ3n) is 4.08. The van der Waals surface area contributed by atoms with Crippen LogP contribution in [0, 0.1) is 0 Å². The molecule has 1 fully saturated rings. The fraction of sp³-hybridized carbons (Fsp3) is 0.412. The van der Waals surface area contributed by atoms with Crippen LogP contribution in [0.5, 0.6) is 0 Å². The molecule has 1 atom stereocenters. The Morgan fingerprint density at radius 3 is 2.87 bits per heavy atom. The minimum absolute atomic E-state index is 0.0179. The minimum Gasteiger partial charge on any atom is -0.387 e. The van der Waals surface area contributed by atoms with E-state index < -0.39 is 0 Å². The lowest BCUT2D eigenvalue weighted by Crippen LogP contribution is -2.38. The minimum atomic E-state index is 0.0179. The van der Waals surface area contributed by atoms with Crippen molar-refractivity contribution in [2.45, 2.75) is 12.6 Å². The van der Waals surface area contributed by atoms with Crippen LogP contribution in [-0.4, -0.2) is 48.7 Å². The predicted molar refractivity (Wildman–Crippen MR) is 91.5 cm³/mol. The smallest absolute Gasteiger partial charge is 0.130 e. The van der Waals surface area contributed by atoms with Crippen LogP contribution in [0.1, 0.15) is 17.4 Å². The quantitative estimate of drug-likeness (QED) is 0.882. The zero-order valence-corrected chi connectivity index (χ0v) is 13.6. The van der Waals surface area contributed by atoms with E-state index in [0.717, 1.165) is 43.4 Å². The van der Waals surface area contributed by atoms with Gasteiger partial charge >= 0.3 is 0 Å². The van der Waals surface area contributed by atoms with Gasteiger partial charge in [-0.3, -0.25) is 9.88 Å². The second-order valence-corrected chi connectivity index (χ2v) is 5.58. The molecule has 1 aliphatic rings. The van der Waals surface area contributed by atoms with Gasteiger partial charge in [-0.05, 0) is 18.2 Å². The lowest BCUT2D eigenvalue weighted by molar-refractivity contribution is -0.0349. The van der Waals surface area contributed by atoms with Gasteiger partial charge in [0.25, 0.3) is 0 Å². The molecule has 0 unspecified atom stereocenters. The predicted octanol–water partition coefficient (Wildman–Crippen LogP) is 2.13. The number of pyridine rings is 2. The van der Waals surface area contributed by atoms with Crippen LogP contribution >= 0.6 is 0 Å². The Kier molecular flexibility index (Phi) is 5.05. The first-order valence-corrected chi connectivity index (χ1v) is 7.89. The summed E-state index contributed by atoms with van der Waals surface area (Å²) < 4.78 is 5.91. The Balaban J connectivity index is 1.68. The maximum atomic E-state index is 5.91. The van der Waals surface area contributed by atoms with Crippen LogP contribution in [0.4, 0.5) is 11.5 Å². The number of rotatable bonds is 5. The van der Waals surface area contributed by atoms with Gasteiger partial charge in [-0.2, -0.15) is 0 Å². The van der Waals surface area contributed by atoms with Crippen LogP contribution in [0.2, 0.25) is 0 Å². The first-order chi connectivity index (χ1) is 11.3. The highest BCUT2D eigenvalue weighted by Crippen LogP contribution is 2.23. The maximum Gasteiger partial charge on any atom is 0.130 e. The normalized spacial score (nSPS) is 18.6. The van der Waals surface area contributed by atoms with Crippen molar-refractivity contribution < 1.29 is 4.74 Å². The number of anilines is 2. The number of morpholine rings is 1. The zero-order valence-electron chi connectivity index (χ0n) is 13.6. The average Bonchev–Trinajstić information content (AvgIpc) is 2.62. The van der Waals surface area contributed by atoms with Crippen molar-refractivity contribution >= 4 is 11.5 Å². The second-order valence-electron chi connectivity index (χ2n) is 5.58. The van der Waals surface area contributed by atoms with Gasteiger partial charge in [0.1, 0.15) is 11.9 Å². The molecule has 0 spiro atoms. The summed E-state index contributed by atoms with van der Waals surface area (Å²) in [7, 11) is 3.80. The summed E-state index contributed by atoms with van der Waals surface area (Å²) >= 11 is 0. The molecule has 0 aromatic carbocycles. The van der Waals surface area contributed by atoms with E-state index in [0.29, 0.717) is 0 Å². The molecule has 0 radical (unpaired) electrons. The maximum absolute atomic E-state index is 5.91. The van der Waals surface area contributed by atoms with Crippen molar-refractivity contribution in [1.29, 1.82) is 0 Å². The number of hydrogen-bond donors (Lipinski definition) is 2. The van der Waals surface area contributed by atoms with Gasteiger partial charge in [-0.15, -0.1) is 0 Å². The monoisotopic (exact) mass is 313 g/mol. The first kappa shape index (κ1) is 15.7. The van der Waals surface area contributed by atoms with Gasteiger partial charge in [0, 0.05) is 45.5 Å². The Labute approximate surface area is 136 Å². The summed E-state index contributed by atoms with van der Waals surface area (Å²) in [4.78, 5) is 11.3. The van der Waals surface area contributed by atoms with Crippen molar-refractivity contribution in [3.05, 3.63) is 47.9 Å². The molecule has 6 nitrogen and oxygen atoms in total. The molecule has 3 heterocycles. The van der Waals surface area contributed by atoms with Gasteiger partial charge < -0.3 is 15.4 Å². The van der Waals surface area contributed by atoms with Crippen LogP contribution < -0.4 is 10.6 Å². The molecule has 122 valence electrons. The molecule has 23 heavy (non-hydrogen) atoms.